The highest BCUT2D eigenvalue weighted by Gasteiger charge is 2.15. The van der Waals surface area contributed by atoms with Gasteiger partial charge in [0.2, 0.25) is 0 Å². The highest BCUT2D eigenvalue weighted by molar-refractivity contribution is 5.93. The van der Waals surface area contributed by atoms with Gasteiger partial charge in [-0.2, -0.15) is 0 Å². The van der Waals surface area contributed by atoms with Gasteiger partial charge in [-0.3, -0.25) is 9.78 Å². The van der Waals surface area contributed by atoms with Crippen molar-refractivity contribution in [3.63, 3.8) is 0 Å². The molecule has 2 aromatic rings. The molecule has 1 N–H and O–H groups in total. The third-order valence-electron chi connectivity index (χ3n) is 3.15. The van der Waals surface area contributed by atoms with Gasteiger partial charge in [-0.1, -0.05) is 6.92 Å². The van der Waals surface area contributed by atoms with Crippen LogP contribution in [0.4, 0.5) is 10.1 Å². The number of nitrogens with zero attached hydrogens (tertiary/aromatic N) is 2. The largest absolute Gasteiger partial charge is 0.494 e. The number of pyridine rings is 1. The highest BCUT2D eigenvalue weighted by Crippen LogP contribution is 2.30. The molecule has 0 spiro atoms. The number of carboxylic acids is 1. The number of carbonyl (C=O) groups is 1. The van der Waals surface area contributed by atoms with E-state index in [9.17, 15) is 9.18 Å². The SMILES string of the molecule is CCCN(CC(=O)O)c1ccnc2cc(F)c(OC)cc12. The molecule has 0 aliphatic carbocycles. The lowest BCUT2D eigenvalue weighted by atomic mass is 10.1. The molecule has 0 fully saturated rings. The summed E-state index contributed by atoms with van der Waals surface area (Å²) in [6.45, 7) is 2.44. The molecule has 6 heteroatoms. The van der Waals surface area contributed by atoms with Crippen molar-refractivity contribution in [3.05, 3.63) is 30.2 Å². The van der Waals surface area contributed by atoms with E-state index >= 15 is 0 Å². The summed E-state index contributed by atoms with van der Waals surface area (Å²) in [5, 5.41) is 9.72. The molecule has 2 rings (SSSR count). The van der Waals surface area contributed by atoms with Crippen LogP contribution < -0.4 is 9.64 Å². The second-order valence-corrected chi connectivity index (χ2v) is 4.65. The topological polar surface area (TPSA) is 62.7 Å². The minimum Gasteiger partial charge on any atom is -0.494 e. The first kappa shape index (κ1) is 15.0. The molecule has 0 aliphatic heterocycles. The minimum atomic E-state index is -0.914. The number of ether oxygens (including phenoxy) is 1. The van der Waals surface area contributed by atoms with Crippen molar-refractivity contribution in [2.24, 2.45) is 0 Å². The number of anilines is 1. The molecule has 0 aliphatic rings. The Hall–Kier alpha value is -2.37. The van der Waals surface area contributed by atoms with E-state index in [1.54, 1.807) is 23.2 Å². The lowest BCUT2D eigenvalue weighted by Crippen LogP contribution is -2.30. The number of aromatic nitrogens is 1. The number of hydrogen-bond acceptors (Lipinski definition) is 4. The summed E-state index contributed by atoms with van der Waals surface area (Å²) in [4.78, 5) is 16.9. The predicted octanol–water partition coefficient (Wildman–Crippen LogP) is 2.68. The lowest BCUT2D eigenvalue weighted by molar-refractivity contribution is -0.135. The van der Waals surface area contributed by atoms with Crippen LogP contribution in [0.15, 0.2) is 24.4 Å². The van der Waals surface area contributed by atoms with Crippen LogP contribution in [0.5, 0.6) is 5.75 Å². The number of halogens is 1. The molecular weight excluding hydrogens is 275 g/mol. The van der Waals surface area contributed by atoms with Gasteiger partial charge in [-0.15, -0.1) is 0 Å². The molecule has 5 nitrogen and oxygen atoms in total. The molecule has 21 heavy (non-hydrogen) atoms. The number of hydrogen-bond donors (Lipinski definition) is 1. The Bertz CT molecular complexity index is 661. The van der Waals surface area contributed by atoms with Crippen molar-refractivity contribution in [2.75, 3.05) is 25.1 Å². The maximum absolute atomic E-state index is 13.7. The van der Waals surface area contributed by atoms with Crippen LogP contribution in [0.3, 0.4) is 0 Å². The number of benzene rings is 1. The fourth-order valence-corrected chi connectivity index (χ4v) is 2.28. The third-order valence-corrected chi connectivity index (χ3v) is 3.15. The van der Waals surface area contributed by atoms with Crippen LogP contribution in [-0.4, -0.2) is 36.3 Å². The van der Waals surface area contributed by atoms with Crippen molar-refractivity contribution in [1.29, 1.82) is 0 Å². The molecule has 1 heterocycles. The van der Waals surface area contributed by atoms with E-state index in [-0.39, 0.29) is 12.3 Å². The van der Waals surface area contributed by atoms with E-state index in [1.807, 2.05) is 6.92 Å². The van der Waals surface area contributed by atoms with Crippen LogP contribution in [0.1, 0.15) is 13.3 Å². The molecule has 0 saturated carbocycles. The Balaban J connectivity index is 2.58. The van der Waals surface area contributed by atoms with Crippen LogP contribution >= 0.6 is 0 Å². The Morgan fingerprint density at radius 2 is 2.24 bits per heavy atom. The molecule has 0 amide bonds. The third kappa shape index (κ3) is 3.21. The summed E-state index contributed by atoms with van der Waals surface area (Å²) in [6, 6.07) is 4.58. The summed E-state index contributed by atoms with van der Waals surface area (Å²) in [7, 11) is 1.39. The molecule has 112 valence electrons. The number of fused-ring (bicyclic) bond motifs is 1. The average Bonchev–Trinajstić information content (AvgIpc) is 2.45. The Morgan fingerprint density at radius 3 is 2.86 bits per heavy atom. The summed E-state index contributed by atoms with van der Waals surface area (Å²) < 4.78 is 18.7. The summed E-state index contributed by atoms with van der Waals surface area (Å²) in [6.07, 6.45) is 2.35. The van der Waals surface area contributed by atoms with Gasteiger partial charge >= 0.3 is 5.97 Å². The minimum absolute atomic E-state index is 0.114. The maximum atomic E-state index is 13.7. The van der Waals surface area contributed by atoms with Crippen molar-refractivity contribution < 1.29 is 19.0 Å². The summed E-state index contributed by atoms with van der Waals surface area (Å²) >= 11 is 0. The molecule has 0 bridgehead atoms. The molecule has 1 aromatic heterocycles. The molecular formula is C15H17FN2O3. The normalized spacial score (nSPS) is 10.6. The van der Waals surface area contributed by atoms with Gasteiger partial charge in [0, 0.05) is 29.9 Å². The molecule has 0 saturated heterocycles. The maximum Gasteiger partial charge on any atom is 0.323 e. The van der Waals surface area contributed by atoms with E-state index < -0.39 is 11.8 Å². The van der Waals surface area contributed by atoms with E-state index in [0.717, 1.165) is 6.42 Å². The Kier molecular flexibility index (Phi) is 4.57. The van der Waals surface area contributed by atoms with Crippen LogP contribution in [0.2, 0.25) is 0 Å². The lowest BCUT2D eigenvalue weighted by Gasteiger charge is -2.23. The zero-order valence-corrected chi connectivity index (χ0v) is 12.0. The zero-order chi connectivity index (χ0) is 15.4. The standard InChI is InChI=1S/C15H17FN2O3/c1-3-6-18(9-15(19)20)13-4-5-17-12-8-11(16)14(21-2)7-10(12)13/h4-5,7-8H,3,6,9H2,1-2H3,(H,19,20). The van der Waals surface area contributed by atoms with Gasteiger partial charge in [-0.05, 0) is 18.6 Å². The number of carboxylic acid groups (broad SMARTS) is 1. The quantitative estimate of drug-likeness (QED) is 0.887. The van der Waals surface area contributed by atoms with Crippen molar-refractivity contribution >= 4 is 22.6 Å². The van der Waals surface area contributed by atoms with E-state index in [1.165, 1.54) is 13.2 Å². The summed E-state index contributed by atoms with van der Waals surface area (Å²) in [5.41, 5.74) is 1.18. The van der Waals surface area contributed by atoms with Crippen LogP contribution in [0, 0.1) is 5.82 Å². The predicted molar refractivity (Wildman–Crippen MR) is 78.4 cm³/mol. The van der Waals surface area contributed by atoms with Crippen molar-refractivity contribution in [2.45, 2.75) is 13.3 Å². The number of aliphatic carboxylic acids is 1. The smallest absolute Gasteiger partial charge is 0.323 e. The molecule has 0 radical (unpaired) electrons. The monoisotopic (exact) mass is 292 g/mol. The Labute approximate surface area is 122 Å². The fraction of sp³-hybridized carbons (Fsp3) is 0.333. The second-order valence-electron chi connectivity index (χ2n) is 4.65. The van der Waals surface area contributed by atoms with Crippen LogP contribution in [-0.2, 0) is 4.79 Å². The van der Waals surface area contributed by atoms with Gasteiger partial charge in [0.05, 0.1) is 12.6 Å². The van der Waals surface area contributed by atoms with E-state index in [0.29, 0.717) is 23.1 Å². The first-order valence-corrected chi connectivity index (χ1v) is 6.65. The fourth-order valence-electron chi connectivity index (χ4n) is 2.28. The van der Waals surface area contributed by atoms with Crippen LogP contribution in [0.25, 0.3) is 10.9 Å². The van der Waals surface area contributed by atoms with Gasteiger partial charge in [0.25, 0.3) is 0 Å². The van der Waals surface area contributed by atoms with Gasteiger partial charge in [-0.25, -0.2) is 4.39 Å². The molecule has 0 atom stereocenters. The summed E-state index contributed by atoms with van der Waals surface area (Å²) in [5.74, 6) is -1.29. The Morgan fingerprint density at radius 1 is 1.48 bits per heavy atom. The number of methoxy groups -OCH3 is 1. The first-order chi connectivity index (χ1) is 10.1. The van der Waals surface area contributed by atoms with Gasteiger partial charge in [0.15, 0.2) is 11.6 Å². The molecule has 0 unspecified atom stereocenters. The molecule has 1 aromatic carbocycles. The van der Waals surface area contributed by atoms with Gasteiger partial charge < -0.3 is 14.7 Å². The number of rotatable bonds is 6. The van der Waals surface area contributed by atoms with Gasteiger partial charge in [0.1, 0.15) is 6.54 Å². The van der Waals surface area contributed by atoms with E-state index in [2.05, 4.69) is 4.98 Å². The first-order valence-electron chi connectivity index (χ1n) is 6.65. The van der Waals surface area contributed by atoms with E-state index in [4.69, 9.17) is 9.84 Å². The highest BCUT2D eigenvalue weighted by atomic mass is 19.1. The average molecular weight is 292 g/mol. The van der Waals surface area contributed by atoms with Crippen molar-refractivity contribution in [3.8, 4) is 5.75 Å². The zero-order valence-electron chi connectivity index (χ0n) is 12.0. The second kappa shape index (κ2) is 6.39. The van der Waals surface area contributed by atoms with Crippen molar-refractivity contribution in [1.82, 2.24) is 4.98 Å².